The normalized spacial score (nSPS) is 12.1. The van der Waals surface area contributed by atoms with Crippen molar-refractivity contribution in [2.24, 2.45) is 0 Å². The molecule has 8 heteroatoms. The number of hydrogen-bond donors (Lipinski definition) is 0. The Labute approximate surface area is 195 Å². The van der Waals surface area contributed by atoms with Crippen molar-refractivity contribution in [3.8, 4) is 0 Å². The van der Waals surface area contributed by atoms with Gasteiger partial charge in [0, 0.05) is 19.6 Å². The molecule has 0 heterocycles. The molecule has 164 valence electrons. The second kappa shape index (κ2) is 19.7. The second-order valence-electron chi connectivity index (χ2n) is 7.03. The van der Waals surface area contributed by atoms with E-state index in [1.54, 1.807) is 13.8 Å². The van der Waals surface area contributed by atoms with Crippen molar-refractivity contribution in [1.82, 2.24) is 0 Å². The zero-order valence-electron chi connectivity index (χ0n) is 18.7. The number of ether oxygens (including phenoxy) is 2. The van der Waals surface area contributed by atoms with Gasteiger partial charge in [-0.1, -0.05) is 84.0 Å². The van der Waals surface area contributed by atoms with Gasteiger partial charge in [0.05, 0.1) is 0 Å². The Morgan fingerprint density at radius 2 is 1.04 bits per heavy atom. The van der Waals surface area contributed by atoms with E-state index in [1.165, 1.54) is 64.2 Å². The van der Waals surface area contributed by atoms with E-state index in [4.69, 9.17) is 9.47 Å². The molecule has 0 spiro atoms. The predicted octanol–water partition coefficient (Wildman–Crippen LogP) is 2.68. The Kier molecular flexibility index (Phi) is 21.8. The molecule has 0 bridgehead atoms. The number of rotatable bonds is 20. The molecule has 0 atom stereocenters. The van der Waals surface area contributed by atoms with E-state index in [0.717, 1.165) is 12.8 Å². The monoisotopic (exact) mass is 432 g/mol. The van der Waals surface area contributed by atoms with Crippen LogP contribution in [0, 0.1) is 0 Å². The van der Waals surface area contributed by atoms with Crippen molar-refractivity contribution < 1.29 is 56.2 Å². The zero-order chi connectivity index (χ0) is 20.4. The summed E-state index contributed by atoms with van der Waals surface area (Å²) in [6.45, 7) is 6.06. The minimum absolute atomic E-state index is 0. The van der Waals surface area contributed by atoms with Crippen LogP contribution in [0.2, 0.25) is 0 Å². The standard InChI is InChI=1S/C20H42O6S.Na/c1-4-7-8-9-10-11-12-13-14-15-16-17-18-19-20(24-5-2,25-6-3)26-27(21,22)23;/h4-19H2,1-3H3,(H,21,22,23);/q;+1/p-1. The van der Waals surface area contributed by atoms with Crippen molar-refractivity contribution in [2.75, 3.05) is 13.2 Å². The molecular weight excluding hydrogens is 391 g/mol. The smallest absolute Gasteiger partial charge is 0.725 e. The maximum absolute atomic E-state index is 11.0. The summed E-state index contributed by atoms with van der Waals surface area (Å²) < 4.78 is 48.2. The zero-order valence-corrected chi connectivity index (χ0v) is 21.5. The fraction of sp³-hybridized carbons (Fsp3) is 1.00. The van der Waals surface area contributed by atoms with E-state index < -0.39 is 16.4 Å². The van der Waals surface area contributed by atoms with E-state index >= 15 is 0 Å². The molecule has 0 saturated heterocycles. The molecule has 0 unspecified atom stereocenters. The molecule has 0 aromatic carbocycles. The molecule has 6 nitrogen and oxygen atoms in total. The molecule has 0 aromatic heterocycles. The first-order chi connectivity index (χ1) is 12.9. The van der Waals surface area contributed by atoms with Crippen LogP contribution in [0.15, 0.2) is 0 Å². The largest absolute Gasteiger partial charge is 1.00 e. The first kappa shape index (κ1) is 31.0. The van der Waals surface area contributed by atoms with Gasteiger partial charge in [0.15, 0.2) is 0 Å². The van der Waals surface area contributed by atoms with Gasteiger partial charge in [-0.15, -0.1) is 0 Å². The topological polar surface area (TPSA) is 84.9 Å². The first-order valence-corrected chi connectivity index (χ1v) is 12.2. The van der Waals surface area contributed by atoms with Crippen LogP contribution in [0.25, 0.3) is 0 Å². The van der Waals surface area contributed by atoms with Crippen LogP contribution in [0.3, 0.4) is 0 Å². The summed E-state index contributed by atoms with van der Waals surface area (Å²) in [7, 11) is -4.89. The van der Waals surface area contributed by atoms with Gasteiger partial charge < -0.3 is 14.0 Å². The summed E-state index contributed by atoms with van der Waals surface area (Å²) in [5.74, 6) is -1.78. The SMILES string of the molecule is CCCCCCCCCCCCCCCC(OCC)(OCC)OS(=O)(=O)[O-].[Na+]. The van der Waals surface area contributed by atoms with Crippen LogP contribution < -0.4 is 29.6 Å². The quantitative estimate of drug-likeness (QED) is 0.0967. The average Bonchev–Trinajstić information content (AvgIpc) is 2.58. The maximum Gasteiger partial charge on any atom is 1.00 e. The number of hydrogen-bond acceptors (Lipinski definition) is 6. The van der Waals surface area contributed by atoms with Gasteiger partial charge in [0.1, 0.15) is 0 Å². The molecule has 0 saturated carbocycles. The molecule has 28 heavy (non-hydrogen) atoms. The summed E-state index contributed by atoms with van der Waals surface area (Å²) in [5, 5.41) is 0. The molecule has 0 rings (SSSR count). The summed E-state index contributed by atoms with van der Waals surface area (Å²) >= 11 is 0. The van der Waals surface area contributed by atoms with Crippen molar-refractivity contribution in [3.63, 3.8) is 0 Å². The van der Waals surface area contributed by atoms with Gasteiger partial charge in [-0.3, -0.25) is 0 Å². The molecule has 0 aliphatic carbocycles. The van der Waals surface area contributed by atoms with E-state index in [2.05, 4.69) is 11.1 Å². The van der Waals surface area contributed by atoms with E-state index in [9.17, 15) is 13.0 Å². The van der Waals surface area contributed by atoms with Crippen molar-refractivity contribution >= 4 is 10.4 Å². The molecule has 0 fully saturated rings. The Bertz CT molecular complexity index is 424. The Balaban J connectivity index is 0. The molecule has 0 aliphatic rings. The van der Waals surface area contributed by atoms with Gasteiger partial charge >= 0.3 is 29.6 Å². The van der Waals surface area contributed by atoms with Crippen LogP contribution in [0.4, 0.5) is 0 Å². The molecule has 0 amide bonds. The summed E-state index contributed by atoms with van der Waals surface area (Å²) in [6.07, 6.45) is 16.1. The second-order valence-corrected chi connectivity index (χ2v) is 8.02. The van der Waals surface area contributed by atoms with E-state index in [1.807, 2.05) is 0 Å². The third-order valence-corrected chi connectivity index (χ3v) is 5.00. The first-order valence-electron chi connectivity index (χ1n) is 10.8. The van der Waals surface area contributed by atoms with Gasteiger partial charge in [-0.05, 0) is 20.3 Å². The average molecular weight is 433 g/mol. The molecule has 0 aromatic rings. The summed E-state index contributed by atoms with van der Waals surface area (Å²) in [6, 6.07) is 0. The fourth-order valence-electron chi connectivity index (χ4n) is 3.23. The summed E-state index contributed by atoms with van der Waals surface area (Å²) in [5.41, 5.74) is 0. The molecular formula is C20H41NaO6S. The van der Waals surface area contributed by atoms with E-state index in [-0.39, 0.29) is 49.2 Å². The van der Waals surface area contributed by atoms with Crippen LogP contribution in [0.1, 0.15) is 111 Å². The van der Waals surface area contributed by atoms with Crippen molar-refractivity contribution in [2.45, 2.75) is 117 Å². The van der Waals surface area contributed by atoms with Crippen molar-refractivity contribution in [3.05, 3.63) is 0 Å². The van der Waals surface area contributed by atoms with E-state index in [0.29, 0.717) is 6.42 Å². The molecule has 0 aliphatic heterocycles. The van der Waals surface area contributed by atoms with Crippen LogP contribution in [-0.4, -0.2) is 32.2 Å². The Morgan fingerprint density at radius 3 is 1.36 bits per heavy atom. The molecule has 0 N–H and O–H groups in total. The summed E-state index contributed by atoms with van der Waals surface area (Å²) in [4.78, 5) is 0. The fourth-order valence-corrected chi connectivity index (χ4v) is 3.72. The van der Waals surface area contributed by atoms with Gasteiger partial charge in [-0.25, -0.2) is 12.6 Å². The van der Waals surface area contributed by atoms with Gasteiger partial charge in [0.2, 0.25) is 10.4 Å². The third kappa shape index (κ3) is 18.8. The maximum atomic E-state index is 11.0. The van der Waals surface area contributed by atoms with Gasteiger partial charge in [0.25, 0.3) is 5.97 Å². The van der Waals surface area contributed by atoms with Crippen molar-refractivity contribution in [1.29, 1.82) is 0 Å². The van der Waals surface area contributed by atoms with Crippen LogP contribution in [-0.2, 0) is 24.1 Å². The minimum atomic E-state index is -4.89. The molecule has 0 radical (unpaired) electrons. The third-order valence-electron chi connectivity index (χ3n) is 4.54. The Morgan fingerprint density at radius 1 is 0.679 bits per heavy atom. The minimum Gasteiger partial charge on any atom is -0.725 e. The van der Waals surface area contributed by atoms with Crippen LogP contribution >= 0.6 is 0 Å². The van der Waals surface area contributed by atoms with Crippen LogP contribution in [0.5, 0.6) is 0 Å². The van der Waals surface area contributed by atoms with Gasteiger partial charge in [-0.2, -0.15) is 0 Å². The predicted molar refractivity (Wildman–Crippen MR) is 107 cm³/mol. The number of unbranched alkanes of at least 4 members (excludes halogenated alkanes) is 12. The Hall–Kier alpha value is 0.790.